The molecule has 2 aromatic carbocycles. The number of benzene rings is 2. The van der Waals surface area contributed by atoms with E-state index in [9.17, 15) is 30.8 Å². The number of nitro benzene ring substituents is 2. The van der Waals surface area contributed by atoms with Crippen LogP contribution in [0.4, 0.5) is 11.4 Å². The Hall–Kier alpha value is -5.07. The van der Waals surface area contributed by atoms with Gasteiger partial charge in [-0.3, -0.25) is 24.8 Å². The molecule has 11 nitrogen and oxygen atoms in total. The minimum absolute atomic E-state index is 0.00417. The summed E-state index contributed by atoms with van der Waals surface area (Å²) in [6.45, 7) is 0. The van der Waals surface area contributed by atoms with Crippen molar-refractivity contribution in [3.8, 4) is 12.1 Å². The SMILES string of the molecule is N#CC1=C(N)n2c(oc(=Cc3ccccc3[N+](=O)[O-])c2=S)=C(C#N)C1c1ccccc1[N+](=O)[O-]. The number of para-hydroxylation sites is 2. The Labute approximate surface area is 195 Å². The highest BCUT2D eigenvalue weighted by Gasteiger charge is 2.36. The van der Waals surface area contributed by atoms with Crippen LogP contribution in [0.3, 0.4) is 0 Å². The number of nitro groups is 2. The minimum Gasteiger partial charge on any atom is -0.436 e. The van der Waals surface area contributed by atoms with Gasteiger partial charge in [0, 0.05) is 17.7 Å². The van der Waals surface area contributed by atoms with Crippen molar-refractivity contribution in [3.63, 3.8) is 0 Å². The van der Waals surface area contributed by atoms with Gasteiger partial charge in [-0.2, -0.15) is 10.5 Å². The normalized spacial score (nSPS) is 15.4. The van der Waals surface area contributed by atoms with Crippen molar-refractivity contribution < 1.29 is 14.3 Å². The van der Waals surface area contributed by atoms with Crippen LogP contribution in [0.15, 0.2) is 58.5 Å². The van der Waals surface area contributed by atoms with Crippen LogP contribution in [0.2, 0.25) is 0 Å². The van der Waals surface area contributed by atoms with Crippen LogP contribution in [-0.4, -0.2) is 14.4 Å². The minimum atomic E-state index is -1.17. The average molecular weight is 472 g/mol. The lowest BCUT2D eigenvalue weighted by Gasteiger charge is -2.21. The van der Waals surface area contributed by atoms with Crippen molar-refractivity contribution in [3.05, 3.63) is 101 Å². The standard InChI is InChI=1S/C22H12N6O5S/c23-10-14-19(13-6-2-4-8-17(13)28(31)32)15(11-24)21-26(20(14)25)22(34)18(33-21)9-12-5-1-3-7-16(12)27(29)30/h1-9,19H,25H2. The van der Waals surface area contributed by atoms with Gasteiger partial charge in [-0.05, 0) is 12.1 Å². The summed E-state index contributed by atoms with van der Waals surface area (Å²) in [5.41, 5.74) is 5.67. The van der Waals surface area contributed by atoms with E-state index in [1.807, 2.05) is 12.1 Å². The molecule has 1 atom stereocenters. The molecule has 2 heterocycles. The van der Waals surface area contributed by atoms with E-state index in [0.29, 0.717) is 0 Å². The topological polar surface area (TPSA) is 178 Å². The lowest BCUT2D eigenvalue weighted by Crippen LogP contribution is -2.31. The summed E-state index contributed by atoms with van der Waals surface area (Å²) < 4.78 is 6.98. The first-order valence-corrected chi connectivity index (χ1v) is 9.95. The molecule has 1 unspecified atom stereocenters. The van der Waals surface area contributed by atoms with Crippen LogP contribution < -0.4 is 16.7 Å². The Bertz CT molecular complexity index is 1690. The number of nitriles is 2. The smallest absolute Gasteiger partial charge is 0.276 e. The van der Waals surface area contributed by atoms with E-state index in [4.69, 9.17) is 22.4 Å². The molecule has 3 aromatic rings. The molecule has 0 saturated carbocycles. The van der Waals surface area contributed by atoms with Gasteiger partial charge >= 0.3 is 0 Å². The fourth-order valence-corrected chi connectivity index (χ4v) is 4.06. The van der Waals surface area contributed by atoms with Crippen molar-refractivity contribution in [2.75, 3.05) is 0 Å². The summed E-state index contributed by atoms with van der Waals surface area (Å²) in [4.78, 5) is 21.8. The maximum absolute atomic E-state index is 11.6. The molecular formula is C22H12N6O5S. The van der Waals surface area contributed by atoms with E-state index in [1.165, 1.54) is 47.0 Å². The highest BCUT2D eigenvalue weighted by atomic mass is 32.1. The number of hydrogen-bond donors (Lipinski definition) is 1. The third kappa shape index (κ3) is 3.40. The van der Waals surface area contributed by atoms with E-state index in [0.717, 1.165) is 0 Å². The summed E-state index contributed by atoms with van der Waals surface area (Å²) in [5.74, 6) is -1.33. The molecule has 0 aliphatic carbocycles. The number of allylic oxidation sites excluding steroid dienone is 1. The van der Waals surface area contributed by atoms with E-state index >= 15 is 0 Å². The van der Waals surface area contributed by atoms with E-state index < -0.39 is 15.8 Å². The number of hydrogen-bond acceptors (Lipinski definition) is 9. The molecule has 12 heteroatoms. The molecule has 0 amide bonds. The van der Waals surface area contributed by atoms with Crippen LogP contribution in [0.5, 0.6) is 0 Å². The molecule has 0 spiro atoms. The largest absolute Gasteiger partial charge is 0.436 e. The summed E-state index contributed by atoms with van der Waals surface area (Å²) in [6, 6.07) is 15.5. The Balaban J connectivity index is 2.10. The highest BCUT2D eigenvalue weighted by Crippen LogP contribution is 2.39. The van der Waals surface area contributed by atoms with Crippen LogP contribution >= 0.6 is 12.2 Å². The van der Waals surface area contributed by atoms with Crippen molar-refractivity contribution in [2.45, 2.75) is 5.92 Å². The van der Waals surface area contributed by atoms with Crippen molar-refractivity contribution in [2.24, 2.45) is 5.73 Å². The van der Waals surface area contributed by atoms with Crippen molar-refractivity contribution >= 4 is 41.1 Å². The first kappa shape index (κ1) is 22.1. The predicted octanol–water partition coefficient (Wildman–Crippen LogP) is 2.58. The Morgan fingerprint density at radius 2 is 1.59 bits per heavy atom. The second kappa shape index (κ2) is 8.46. The Morgan fingerprint density at radius 3 is 2.21 bits per heavy atom. The molecule has 0 bridgehead atoms. The molecule has 4 rings (SSSR count). The van der Waals surface area contributed by atoms with Crippen molar-refractivity contribution in [1.29, 1.82) is 10.5 Å². The molecule has 0 radical (unpaired) electrons. The van der Waals surface area contributed by atoms with Crippen LogP contribution in [0.1, 0.15) is 17.0 Å². The van der Waals surface area contributed by atoms with Gasteiger partial charge in [0.05, 0.1) is 33.0 Å². The van der Waals surface area contributed by atoms with Gasteiger partial charge in [0.15, 0.2) is 10.1 Å². The second-order valence-corrected chi connectivity index (χ2v) is 7.44. The van der Waals surface area contributed by atoms with Crippen molar-refractivity contribution in [1.82, 2.24) is 4.57 Å². The van der Waals surface area contributed by atoms with Gasteiger partial charge in [-0.1, -0.05) is 42.5 Å². The molecular weight excluding hydrogens is 460 g/mol. The quantitative estimate of drug-likeness (QED) is 0.339. The molecule has 1 aliphatic rings. The van der Waals surface area contributed by atoms with E-state index in [2.05, 4.69) is 0 Å². The Morgan fingerprint density at radius 1 is 1.00 bits per heavy atom. The second-order valence-electron chi connectivity index (χ2n) is 7.06. The molecule has 0 fully saturated rings. The zero-order chi connectivity index (χ0) is 24.6. The molecule has 2 N–H and O–H groups in total. The number of aromatic nitrogens is 1. The molecule has 1 aromatic heterocycles. The molecule has 0 saturated heterocycles. The summed E-state index contributed by atoms with van der Waals surface area (Å²) in [7, 11) is 0. The third-order valence-electron chi connectivity index (χ3n) is 5.25. The number of oxazole rings is 1. The maximum Gasteiger partial charge on any atom is 0.276 e. The lowest BCUT2D eigenvalue weighted by molar-refractivity contribution is -0.385. The van der Waals surface area contributed by atoms with Gasteiger partial charge in [0.25, 0.3) is 11.4 Å². The van der Waals surface area contributed by atoms with Crippen LogP contribution in [0.25, 0.3) is 17.5 Å². The van der Waals surface area contributed by atoms with Crippen LogP contribution in [0, 0.1) is 47.5 Å². The Kier molecular flexibility index (Phi) is 5.51. The average Bonchev–Trinajstić information content (AvgIpc) is 3.15. The fourth-order valence-electron chi connectivity index (χ4n) is 3.78. The molecule has 1 aliphatic heterocycles. The van der Waals surface area contributed by atoms with Crippen LogP contribution in [-0.2, 0) is 0 Å². The van der Waals surface area contributed by atoms with Gasteiger partial charge in [0.1, 0.15) is 17.5 Å². The molecule has 34 heavy (non-hydrogen) atoms. The summed E-state index contributed by atoms with van der Waals surface area (Å²) in [5, 5.41) is 42.8. The number of nitrogens with two attached hydrogens (primary N) is 1. The zero-order valence-corrected chi connectivity index (χ0v) is 17.9. The maximum atomic E-state index is 11.6. The first-order valence-electron chi connectivity index (χ1n) is 9.54. The van der Waals surface area contributed by atoms with E-state index in [-0.39, 0.29) is 55.1 Å². The third-order valence-corrected chi connectivity index (χ3v) is 5.64. The lowest BCUT2D eigenvalue weighted by atomic mass is 9.83. The van der Waals surface area contributed by atoms with Gasteiger partial charge < -0.3 is 10.2 Å². The van der Waals surface area contributed by atoms with Gasteiger partial charge in [-0.15, -0.1) is 0 Å². The first-order chi connectivity index (χ1) is 16.3. The van der Waals surface area contributed by atoms with Gasteiger partial charge in [-0.25, -0.2) is 0 Å². The zero-order valence-electron chi connectivity index (χ0n) is 17.0. The number of fused-ring (bicyclic) bond motifs is 1. The van der Waals surface area contributed by atoms with E-state index in [1.54, 1.807) is 12.1 Å². The number of nitrogens with zero attached hydrogens (tertiary/aromatic N) is 5. The summed E-state index contributed by atoms with van der Waals surface area (Å²) >= 11 is 5.44. The fraction of sp³-hybridized carbons (Fsp3) is 0.0455. The summed E-state index contributed by atoms with van der Waals surface area (Å²) in [6.07, 6.45) is 1.33. The predicted molar refractivity (Wildman–Crippen MR) is 121 cm³/mol. The highest BCUT2D eigenvalue weighted by molar-refractivity contribution is 7.71. The monoisotopic (exact) mass is 472 g/mol. The molecule has 166 valence electrons. The van der Waals surface area contributed by atoms with Gasteiger partial charge in [0.2, 0.25) is 5.55 Å². The number of rotatable bonds is 4.